The van der Waals surface area contributed by atoms with Gasteiger partial charge in [-0.1, -0.05) is 0 Å². The maximum absolute atomic E-state index is 14.4. The van der Waals surface area contributed by atoms with Crippen LogP contribution in [0.3, 0.4) is 0 Å². The van der Waals surface area contributed by atoms with Crippen LogP contribution in [-0.4, -0.2) is 44.7 Å². The van der Waals surface area contributed by atoms with Gasteiger partial charge in [-0.15, -0.1) is 0 Å². The monoisotopic (exact) mass is 489 g/mol. The number of fused-ring (bicyclic) bond motifs is 1. The Morgan fingerprint density at radius 3 is 2.43 bits per heavy atom. The molecule has 5 rings (SSSR count). The van der Waals surface area contributed by atoms with Crippen LogP contribution in [0.2, 0.25) is 0 Å². The zero-order chi connectivity index (χ0) is 24.5. The second kappa shape index (κ2) is 9.68. The Kier molecular flexibility index (Phi) is 6.46. The highest BCUT2D eigenvalue weighted by Gasteiger charge is 2.29. The Hall–Kier alpha value is -3.41. The van der Waals surface area contributed by atoms with Crippen molar-refractivity contribution >= 4 is 34.7 Å². The van der Waals surface area contributed by atoms with Gasteiger partial charge in [0.2, 0.25) is 17.8 Å². The number of hydrogen-bond acceptors (Lipinski definition) is 7. The van der Waals surface area contributed by atoms with Gasteiger partial charge in [-0.3, -0.25) is 9.36 Å². The largest absolute Gasteiger partial charge is 0.381 e. The first-order valence-electron chi connectivity index (χ1n) is 11.7. The molecule has 4 N–H and O–H groups in total. The van der Waals surface area contributed by atoms with Gasteiger partial charge in [0.1, 0.15) is 11.3 Å². The summed E-state index contributed by atoms with van der Waals surface area (Å²) < 4.78 is 48.9. The minimum Gasteiger partial charge on any atom is -0.381 e. The fourth-order valence-corrected chi connectivity index (χ4v) is 4.78. The van der Waals surface area contributed by atoms with E-state index in [9.17, 15) is 18.0 Å². The molecular formula is C23H26F3N7O2. The fraction of sp³-hybridized carbons (Fsp3) is 0.478. The molecule has 0 radical (unpaired) electrons. The summed E-state index contributed by atoms with van der Waals surface area (Å²) in [5.41, 5.74) is 6.22. The highest BCUT2D eigenvalue weighted by molar-refractivity contribution is 5.78. The molecule has 9 nitrogen and oxygen atoms in total. The lowest BCUT2D eigenvalue weighted by Crippen LogP contribution is -2.29. The SMILES string of the molecule is NC(=O)C1CCC(n2c(Nc3cc(F)c(F)cc3F)nc3cnc(NC4CCOCC4)nc32)CC1. The molecule has 12 heteroatoms. The van der Waals surface area contributed by atoms with Crippen molar-refractivity contribution in [1.82, 2.24) is 19.5 Å². The maximum Gasteiger partial charge on any atom is 0.224 e. The minimum absolute atomic E-state index is 0.114. The third-order valence-electron chi connectivity index (χ3n) is 6.71. The quantitative estimate of drug-likeness (QED) is 0.451. The second-order valence-corrected chi connectivity index (χ2v) is 9.02. The normalized spacial score (nSPS) is 21.2. The molecule has 2 fully saturated rings. The molecule has 1 saturated heterocycles. The molecule has 0 atom stereocenters. The number of imidazole rings is 1. The summed E-state index contributed by atoms with van der Waals surface area (Å²) in [5, 5.41) is 6.13. The summed E-state index contributed by atoms with van der Waals surface area (Å²) in [4.78, 5) is 25.2. The number of carbonyl (C=O) groups excluding carboxylic acids is 1. The molecule has 35 heavy (non-hydrogen) atoms. The van der Waals surface area contributed by atoms with Crippen molar-refractivity contribution in [3.63, 3.8) is 0 Å². The van der Waals surface area contributed by atoms with Crippen molar-refractivity contribution in [2.45, 2.75) is 50.6 Å². The first-order chi connectivity index (χ1) is 16.9. The van der Waals surface area contributed by atoms with Gasteiger partial charge in [0.15, 0.2) is 17.3 Å². The molecule has 0 unspecified atom stereocenters. The summed E-state index contributed by atoms with van der Waals surface area (Å²) in [7, 11) is 0. The van der Waals surface area contributed by atoms with Crippen molar-refractivity contribution in [2.24, 2.45) is 11.7 Å². The molecular weight excluding hydrogens is 463 g/mol. The van der Waals surface area contributed by atoms with Gasteiger partial charge in [0.25, 0.3) is 0 Å². The van der Waals surface area contributed by atoms with E-state index in [2.05, 4.69) is 20.6 Å². The van der Waals surface area contributed by atoms with E-state index in [0.717, 1.165) is 18.9 Å². The predicted molar refractivity (Wildman–Crippen MR) is 123 cm³/mol. The number of nitrogens with zero attached hydrogens (tertiary/aromatic N) is 4. The first kappa shape index (κ1) is 23.3. The highest BCUT2D eigenvalue weighted by Crippen LogP contribution is 2.37. The lowest BCUT2D eigenvalue weighted by molar-refractivity contribution is -0.122. The highest BCUT2D eigenvalue weighted by atomic mass is 19.2. The van der Waals surface area contributed by atoms with Gasteiger partial charge in [-0.05, 0) is 38.5 Å². The molecule has 1 amide bonds. The van der Waals surface area contributed by atoms with Crippen LogP contribution in [0.25, 0.3) is 11.2 Å². The Balaban J connectivity index is 1.51. The number of anilines is 3. The number of amides is 1. The molecule has 1 aromatic carbocycles. The second-order valence-electron chi connectivity index (χ2n) is 9.02. The van der Waals surface area contributed by atoms with Crippen LogP contribution >= 0.6 is 0 Å². The molecule has 1 aliphatic heterocycles. The first-order valence-corrected chi connectivity index (χ1v) is 11.7. The summed E-state index contributed by atoms with van der Waals surface area (Å²) in [6.45, 7) is 1.32. The smallest absolute Gasteiger partial charge is 0.224 e. The Bertz CT molecular complexity index is 1240. The molecule has 3 heterocycles. The van der Waals surface area contributed by atoms with E-state index >= 15 is 0 Å². The lowest BCUT2D eigenvalue weighted by atomic mass is 9.85. The van der Waals surface area contributed by atoms with Crippen LogP contribution in [0.5, 0.6) is 0 Å². The van der Waals surface area contributed by atoms with Gasteiger partial charge in [-0.25, -0.2) is 23.1 Å². The van der Waals surface area contributed by atoms with Crippen LogP contribution in [0.1, 0.15) is 44.6 Å². The number of hydrogen-bond donors (Lipinski definition) is 3. The number of rotatable bonds is 6. The van der Waals surface area contributed by atoms with Gasteiger partial charge in [-0.2, -0.15) is 4.98 Å². The van der Waals surface area contributed by atoms with Crippen LogP contribution < -0.4 is 16.4 Å². The van der Waals surface area contributed by atoms with Gasteiger partial charge in [0, 0.05) is 43.3 Å². The number of benzene rings is 1. The van der Waals surface area contributed by atoms with E-state index in [4.69, 9.17) is 15.5 Å². The lowest BCUT2D eigenvalue weighted by Gasteiger charge is -2.29. The van der Waals surface area contributed by atoms with Crippen LogP contribution in [0.4, 0.5) is 30.8 Å². The summed E-state index contributed by atoms with van der Waals surface area (Å²) >= 11 is 0. The van der Waals surface area contributed by atoms with E-state index in [1.54, 1.807) is 6.20 Å². The third-order valence-corrected chi connectivity index (χ3v) is 6.71. The third kappa shape index (κ3) is 4.88. The number of carbonyl (C=O) groups is 1. The average molecular weight is 490 g/mol. The molecule has 1 aliphatic carbocycles. The van der Waals surface area contributed by atoms with E-state index in [1.807, 2.05) is 4.57 Å². The molecule has 2 aliphatic rings. The average Bonchev–Trinajstić information content (AvgIpc) is 3.20. The number of aromatic nitrogens is 4. The molecule has 0 bridgehead atoms. The zero-order valence-electron chi connectivity index (χ0n) is 18.9. The molecule has 3 aromatic rings. The van der Waals surface area contributed by atoms with Crippen molar-refractivity contribution in [3.8, 4) is 0 Å². The van der Waals surface area contributed by atoms with E-state index in [-0.39, 0.29) is 35.5 Å². The molecule has 2 aromatic heterocycles. The van der Waals surface area contributed by atoms with Crippen molar-refractivity contribution < 1.29 is 22.7 Å². The van der Waals surface area contributed by atoms with Crippen molar-refractivity contribution in [2.75, 3.05) is 23.8 Å². The number of nitrogens with one attached hydrogen (secondary N) is 2. The maximum atomic E-state index is 14.4. The van der Waals surface area contributed by atoms with Crippen molar-refractivity contribution in [1.29, 1.82) is 0 Å². The van der Waals surface area contributed by atoms with Crippen LogP contribution in [0.15, 0.2) is 18.3 Å². The van der Waals surface area contributed by atoms with E-state index in [1.165, 1.54) is 0 Å². The summed E-state index contributed by atoms with van der Waals surface area (Å²) in [5.74, 6) is -3.28. The topological polar surface area (TPSA) is 120 Å². The fourth-order valence-electron chi connectivity index (χ4n) is 4.78. The standard InChI is InChI=1S/C23H26F3N7O2/c24-15-9-17(26)18(10-16(15)25)30-23-31-19-11-28-22(29-13-5-7-35-8-6-13)32-21(19)33(23)14-3-1-12(2-4-14)20(27)34/h9-14H,1-8H2,(H2,27,34)(H,30,31)(H,28,29,32). The number of halogens is 3. The zero-order valence-corrected chi connectivity index (χ0v) is 18.9. The van der Waals surface area contributed by atoms with Gasteiger partial charge in [0.05, 0.1) is 11.9 Å². The van der Waals surface area contributed by atoms with E-state index < -0.39 is 17.5 Å². The van der Waals surface area contributed by atoms with Crippen LogP contribution in [-0.2, 0) is 9.53 Å². The van der Waals surface area contributed by atoms with Crippen molar-refractivity contribution in [3.05, 3.63) is 35.8 Å². The van der Waals surface area contributed by atoms with Gasteiger partial charge < -0.3 is 21.1 Å². The Labute approximate surface area is 199 Å². The summed E-state index contributed by atoms with van der Waals surface area (Å²) in [6.07, 6.45) is 5.68. The Morgan fingerprint density at radius 1 is 1.00 bits per heavy atom. The van der Waals surface area contributed by atoms with E-state index in [0.29, 0.717) is 62.1 Å². The molecule has 186 valence electrons. The predicted octanol–water partition coefficient (Wildman–Crippen LogP) is 3.79. The molecule has 1 saturated carbocycles. The number of ether oxygens (including phenoxy) is 1. The van der Waals surface area contributed by atoms with Gasteiger partial charge >= 0.3 is 0 Å². The summed E-state index contributed by atoms with van der Waals surface area (Å²) in [6, 6.07) is 1.30. The number of primary amides is 1. The minimum atomic E-state index is -1.28. The Morgan fingerprint density at radius 2 is 1.71 bits per heavy atom. The van der Waals surface area contributed by atoms with Crippen LogP contribution in [0, 0.1) is 23.4 Å². The molecule has 0 spiro atoms. The number of nitrogens with two attached hydrogens (primary N) is 1.